The van der Waals surface area contributed by atoms with Gasteiger partial charge < -0.3 is 15.7 Å². The Labute approximate surface area is 121 Å². The van der Waals surface area contributed by atoms with Gasteiger partial charge in [-0.25, -0.2) is 4.79 Å². The molecule has 1 aliphatic carbocycles. The van der Waals surface area contributed by atoms with Gasteiger partial charge in [0.15, 0.2) is 0 Å². The Morgan fingerprint density at radius 1 is 1.35 bits per heavy atom. The van der Waals surface area contributed by atoms with Crippen LogP contribution in [0.3, 0.4) is 0 Å². The van der Waals surface area contributed by atoms with Gasteiger partial charge in [0, 0.05) is 12.1 Å². The molecule has 2 amide bonds. The van der Waals surface area contributed by atoms with Gasteiger partial charge >= 0.3 is 12.0 Å². The lowest BCUT2D eigenvalue weighted by molar-refractivity contribution is -0.137. The molecule has 0 heterocycles. The van der Waals surface area contributed by atoms with Crippen molar-refractivity contribution in [2.75, 3.05) is 0 Å². The second-order valence-corrected chi connectivity index (χ2v) is 7.07. The molecule has 1 saturated carbocycles. The lowest BCUT2D eigenvalue weighted by Gasteiger charge is -2.26. The van der Waals surface area contributed by atoms with Crippen molar-refractivity contribution < 1.29 is 14.7 Å². The largest absolute Gasteiger partial charge is 0.481 e. The van der Waals surface area contributed by atoms with Crippen molar-refractivity contribution in [3.63, 3.8) is 0 Å². The summed E-state index contributed by atoms with van der Waals surface area (Å²) < 4.78 is 0. The number of carbonyl (C=O) groups is 2. The Morgan fingerprint density at radius 3 is 2.50 bits per heavy atom. The highest BCUT2D eigenvalue weighted by Gasteiger charge is 2.37. The summed E-state index contributed by atoms with van der Waals surface area (Å²) in [5.41, 5.74) is -0.0161. The first-order valence-electron chi connectivity index (χ1n) is 7.50. The number of aliphatic carboxylic acids is 1. The summed E-state index contributed by atoms with van der Waals surface area (Å²) in [6.45, 7) is 8.26. The van der Waals surface area contributed by atoms with E-state index in [0.29, 0.717) is 12.3 Å². The van der Waals surface area contributed by atoms with E-state index in [1.807, 2.05) is 20.8 Å². The molecule has 3 atom stereocenters. The summed E-state index contributed by atoms with van der Waals surface area (Å²) >= 11 is 0. The van der Waals surface area contributed by atoms with Crippen molar-refractivity contribution >= 4 is 12.0 Å². The molecule has 0 radical (unpaired) electrons. The zero-order chi connectivity index (χ0) is 15.3. The highest BCUT2D eigenvalue weighted by atomic mass is 16.4. The molecule has 0 aromatic carbocycles. The normalized spacial score (nSPS) is 23.0. The maximum absolute atomic E-state index is 11.9. The van der Waals surface area contributed by atoms with Gasteiger partial charge in [-0.1, -0.05) is 34.1 Å². The van der Waals surface area contributed by atoms with Crippen molar-refractivity contribution in [2.45, 2.75) is 71.9 Å². The SMILES string of the molecule is CCCC1CC1NC(=O)NC(CC(=O)O)CC(C)(C)C. The Balaban J connectivity index is 2.40. The predicted octanol–water partition coefficient (Wildman–Crippen LogP) is 2.75. The number of hydrogen-bond acceptors (Lipinski definition) is 2. The molecule has 20 heavy (non-hydrogen) atoms. The molecule has 1 aliphatic rings. The van der Waals surface area contributed by atoms with Gasteiger partial charge in [0.1, 0.15) is 0 Å². The van der Waals surface area contributed by atoms with Crippen LogP contribution in [0.1, 0.15) is 59.8 Å². The van der Waals surface area contributed by atoms with E-state index in [1.165, 1.54) is 0 Å². The van der Waals surface area contributed by atoms with Gasteiger partial charge in [-0.05, 0) is 30.6 Å². The molecule has 5 heteroatoms. The first kappa shape index (κ1) is 16.8. The van der Waals surface area contributed by atoms with Crippen LogP contribution in [0.4, 0.5) is 4.79 Å². The molecule has 0 aromatic heterocycles. The zero-order valence-corrected chi connectivity index (χ0v) is 13.0. The van der Waals surface area contributed by atoms with E-state index < -0.39 is 5.97 Å². The van der Waals surface area contributed by atoms with Crippen LogP contribution >= 0.6 is 0 Å². The average molecular weight is 284 g/mol. The summed E-state index contributed by atoms with van der Waals surface area (Å²) in [5, 5.41) is 14.7. The van der Waals surface area contributed by atoms with Crippen molar-refractivity contribution in [3.05, 3.63) is 0 Å². The Bertz CT molecular complexity index is 350. The summed E-state index contributed by atoms with van der Waals surface area (Å²) in [6, 6.07) is -0.282. The average Bonchev–Trinajstić information content (AvgIpc) is 2.92. The number of rotatable bonds is 7. The lowest BCUT2D eigenvalue weighted by Crippen LogP contribution is -2.45. The molecular weight excluding hydrogens is 256 g/mol. The maximum Gasteiger partial charge on any atom is 0.315 e. The van der Waals surface area contributed by atoms with Crippen LogP contribution in [0, 0.1) is 11.3 Å². The minimum Gasteiger partial charge on any atom is -0.481 e. The molecule has 116 valence electrons. The standard InChI is InChI=1S/C15H28N2O3/c1-5-6-10-7-12(10)17-14(20)16-11(8-13(18)19)9-15(2,3)4/h10-12H,5-9H2,1-4H3,(H,18,19)(H2,16,17,20). The maximum atomic E-state index is 11.9. The topological polar surface area (TPSA) is 78.4 Å². The van der Waals surface area contributed by atoms with Crippen LogP contribution in [0.25, 0.3) is 0 Å². The molecule has 0 aliphatic heterocycles. The number of carbonyl (C=O) groups excluding carboxylic acids is 1. The molecule has 0 saturated heterocycles. The molecule has 3 N–H and O–H groups in total. The Hall–Kier alpha value is -1.26. The molecule has 5 nitrogen and oxygen atoms in total. The molecule has 0 spiro atoms. The van der Waals surface area contributed by atoms with Crippen LogP contribution in [-0.4, -0.2) is 29.2 Å². The minimum atomic E-state index is -0.880. The van der Waals surface area contributed by atoms with Crippen molar-refractivity contribution in [3.8, 4) is 0 Å². The van der Waals surface area contributed by atoms with Crippen LogP contribution in [0.5, 0.6) is 0 Å². The number of hydrogen-bond donors (Lipinski definition) is 3. The molecule has 1 fully saturated rings. The lowest BCUT2D eigenvalue weighted by atomic mass is 9.87. The van der Waals surface area contributed by atoms with E-state index in [9.17, 15) is 9.59 Å². The number of carboxylic acid groups (broad SMARTS) is 1. The fourth-order valence-electron chi connectivity index (χ4n) is 2.63. The van der Waals surface area contributed by atoms with Gasteiger partial charge in [-0.3, -0.25) is 4.79 Å². The molecule has 1 rings (SSSR count). The van der Waals surface area contributed by atoms with Gasteiger partial charge in [0.05, 0.1) is 6.42 Å². The van der Waals surface area contributed by atoms with E-state index in [1.54, 1.807) is 0 Å². The van der Waals surface area contributed by atoms with E-state index in [-0.39, 0.29) is 30.0 Å². The molecule has 0 aromatic rings. The third kappa shape index (κ3) is 6.78. The zero-order valence-electron chi connectivity index (χ0n) is 13.0. The number of amides is 2. The molecule has 0 bridgehead atoms. The second-order valence-electron chi connectivity index (χ2n) is 7.07. The highest BCUT2D eigenvalue weighted by Crippen LogP contribution is 2.34. The monoisotopic (exact) mass is 284 g/mol. The van der Waals surface area contributed by atoms with Crippen LogP contribution in [-0.2, 0) is 4.79 Å². The van der Waals surface area contributed by atoms with Gasteiger partial charge in [0.25, 0.3) is 0 Å². The highest BCUT2D eigenvalue weighted by molar-refractivity contribution is 5.76. The van der Waals surface area contributed by atoms with Crippen molar-refractivity contribution in [2.24, 2.45) is 11.3 Å². The van der Waals surface area contributed by atoms with Crippen LogP contribution < -0.4 is 10.6 Å². The second kappa shape index (κ2) is 6.95. The minimum absolute atomic E-state index is 0.0161. The molecule has 3 unspecified atom stereocenters. The van der Waals surface area contributed by atoms with E-state index >= 15 is 0 Å². The van der Waals surface area contributed by atoms with Gasteiger partial charge in [0.2, 0.25) is 0 Å². The van der Waals surface area contributed by atoms with E-state index in [0.717, 1.165) is 19.3 Å². The Kier molecular flexibility index (Phi) is 5.84. The number of carboxylic acids is 1. The van der Waals surface area contributed by atoms with Gasteiger partial charge in [-0.15, -0.1) is 0 Å². The van der Waals surface area contributed by atoms with E-state index in [2.05, 4.69) is 17.6 Å². The van der Waals surface area contributed by atoms with Crippen LogP contribution in [0.15, 0.2) is 0 Å². The Morgan fingerprint density at radius 2 is 2.00 bits per heavy atom. The van der Waals surface area contributed by atoms with Crippen molar-refractivity contribution in [1.82, 2.24) is 10.6 Å². The smallest absolute Gasteiger partial charge is 0.315 e. The third-order valence-electron chi connectivity index (χ3n) is 3.51. The summed E-state index contributed by atoms with van der Waals surface area (Å²) in [4.78, 5) is 22.8. The first-order chi connectivity index (χ1) is 9.21. The molecular formula is C15H28N2O3. The first-order valence-corrected chi connectivity index (χ1v) is 7.50. The van der Waals surface area contributed by atoms with E-state index in [4.69, 9.17) is 5.11 Å². The van der Waals surface area contributed by atoms with Crippen LogP contribution in [0.2, 0.25) is 0 Å². The third-order valence-corrected chi connectivity index (χ3v) is 3.51. The van der Waals surface area contributed by atoms with Gasteiger partial charge in [-0.2, -0.15) is 0 Å². The summed E-state index contributed by atoms with van der Waals surface area (Å²) in [7, 11) is 0. The number of nitrogens with one attached hydrogen (secondary N) is 2. The predicted molar refractivity (Wildman–Crippen MR) is 78.6 cm³/mol. The number of urea groups is 1. The quantitative estimate of drug-likeness (QED) is 0.672. The fourth-order valence-corrected chi connectivity index (χ4v) is 2.63. The summed E-state index contributed by atoms with van der Waals surface area (Å²) in [6.07, 6.45) is 3.94. The fraction of sp³-hybridized carbons (Fsp3) is 0.867. The van der Waals surface area contributed by atoms with Crippen molar-refractivity contribution in [1.29, 1.82) is 0 Å². The summed E-state index contributed by atoms with van der Waals surface area (Å²) in [5.74, 6) is -0.277.